The molecule has 234 valence electrons. The lowest BCUT2D eigenvalue weighted by Gasteiger charge is -2.23. The summed E-state index contributed by atoms with van der Waals surface area (Å²) in [6.07, 6.45) is 0. The molecule has 0 radical (unpaired) electrons. The van der Waals surface area contributed by atoms with Gasteiger partial charge in [0.25, 0.3) is 11.8 Å². The number of carboxylic acids is 1. The van der Waals surface area contributed by atoms with E-state index in [0.717, 1.165) is 40.7 Å². The molecule has 1 aliphatic rings. The van der Waals surface area contributed by atoms with Gasteiger partial charge in [-0.2, -0.15) is 0 Å². The van der Waals surface area contributed by atoms with Gasteiger partial charge >= 0.3 is 5.91 Å². The third-order valence-electron chi connectivity index (χ3n) is 6.98. The third kappa shape index (κ3) is 6.92. The number of rotatable bonds is 6. The van der Waals surface area contributed by atoms with Crippen LogP contribution in [0, 0.1) is 12.7 Å². The van der Waals surface area contributed by atoms with Crippen LogP contribution in [0.3, 0.4) is 0 Å². The number of aliphatic hydroxyl groups is 1. The van der Waals surface area contributed by atoms with Crippen LogP contribution in [-0.4, -0.2) is 38.1 Å². The van der Waals surface area contributed by atoms with E-state index >= 15 is 0 Å². The lowest BCUT2D eigenvalue weighted by Crippen LogP contribution is -2.29. The highest BCUT2D eigenvalue weighted by Crippen LogP contribution is 2.45. The second-order valence-electron chi connectivity index (χ2n) is 10.1. The Morgan fingerprint density at radius 2 is 1.70 bits per heavy atom. The summed E-state index contributed by atoms with van der Waals surface area (Å²) in [6.45, 7) is 2.67. The Balaban J connectivity index is 0.000000985. The van der Waals surface area contributed by atoms with Crippen LogP contribution < -0.4 is 4.90 Å². The van der Waals surface area contributed by atoms with Crippen LogP contribution in [0.4, 0.5) is 9.52 Å². The van der Waals surface area contributed by atoms with Crippen molar-refractivity contribution in [2.45, 2.75) is 30.0 Å². The first kappa shape index (κ1) is 33.1. The Morgan fingerprint density at radius 3 is 2.41 bits per heavy atom. The number of nitrogens with zero attached hydrogens (tertiary/aromatic N) is 3. The topological polar surface area (TPSA) is 121 Å². The number of benzene rings is 4. The summed E-state index contributed by atoms with van der Waals surface area (Å²) in [6, 6.07) is 21.9. The molecular weight excluding hydrogens is 672 g/mol. The smallest absolute Gasteiger partial charge is 0.301 e. The Kier molecular flexibility index (Phi) is 10.1. The summed E-state index contributed by atoms with van der Waals surface area (Å²) in [5.41, 5.74) is 1.75. The number of amides is 1. The summed E-state index contributed by atoms with van der Waals surface area (Å²) >= 11 is 15.1. The lowest BCUT2D eigenvalue weighted by molar-refractivity contribution is -0.134. The van der Waals surface area contributed by atoms with E-state index in [4.69, 9.17) is 33.1 Å². The molecule has 6 rings (SSSR count). The number of thioether (sulfide) groups is 1. The van der Waals surface area contributed by atoms with Gasteiger partial charge in [0.05, 0.1) is 21.7 Å². The summed E-state index contributed by atoms with van der Waals surface area (Å²) in [4.78, 5) is 37.1. The zero-order valence-electron chi connectivity index (χ0n) is 24.2. The van der Waals surface area contributed by atoms with Crippen molar-refractivity contribution in [3.05, 3.63) is 123 Å². The third-order valence-corrected chi connectivity index (χ3v) is 9.83. The normalized spacial score (nSPS) is 15.6. The van der Waals surface area contributed by atoms with Crippen LogP contribution in [0.2, 0.25) is 10.0 Å². The van der Waals surface area contributed by atoms with Crippen molar-refractivity contribution in [1.82, 2.24) is 10.2 Å². The Labute approximate surface area is 281 Å². The number of carboxylic acid groups (broad SMARTS) is 1. The van der Waals surface area contributed by atoms with E-state index in [0.29, 0.717) is 21.2 Å². The highest BCUT2D eigenvalue weighted by molar-refractivity contribution is 8.00. The van der Waals surface area contributed by atoms with E-state index in [1.54, 1.807) is 13.0 Å². The summed E-state index contributed by atoms with van der Waals surface area (Å²) in [5, 5.41) is 30.1. The minimum Gasteiger partial charge on any atom is -0.507 e. The number of aromatic nitrogens is 2. The molecule has 0 bridgehead atoms. The van der Waals surface area contributed by atoms with Gasteiger partial charge in [-0.25, -0.2) is 4.39 Å². The van der Waals surface area contributed by atoms with Crippen molar-refractivity contribution in [2.24, 2.45) is 0 Å². The average molecular weight is 697 g/mol. The molecule has 1 saturated heterocycles. The lowest BCUT2D eigenvalue weighted by atomic mass is 9.95. The van der Waals surface area contributed by atoms with Crippen LogP contribution in [0.5, 0.6) is 0 Å². The van der Waals surface area contributed by atoms with Crippen molar-refractivity contribution in [1.29, 1.82) is 0 Å². The number of ketones is 1. The largest absolute Gasteiger partial charge is 0.507 e. The SMILES string of the molecule is CC(=O)O.Cc1ccc(C(O)=C2C(=O)C(=O)N(c3nnc(SCc4cccc5ccccc45)s3)C2c2ccc(Cl)c(Cl)c2)cc1F. The molecule has 1 fully saturated rings. The number of aryl methyl sites for hydroxylation is 1. The molecule has 1 amide bonds. The first-order valence-corrected chi connectivity index (χ1v) is 16.2. The number of Topliss-reactive ketones (excluding diaryl/α,β-unsaturated/α-hetero) is 1. The summed E-state index contributed by atoms with van der Waals surface area (Å²) in [7, 11) is 0. The van der Waals surface area contributed by atoms with Crippen LogP contribution >= 0.6 is 46.3 Å². The first-order valence-electron chi connectivity index (χ1n) is 13.6. The summed E-state index contributed by atoms with van der Waals surface area (Å²) < 4.78 is 15.0. The van der Waals surface area contributed by atoms with Crippen LogP contribution in [-0.2, 0) is 20.1 Å². The molecular formula is C33H24Cl2FN3O5S2. The van der Waals surface area contributed by atoms with Crippen molar-refractivity contribution < 1.29 is 29.0 Å². The van der Waals surface area contributed by atoms with Gasteiger partial charge in [0, 0.05) is 18.2 Å². The molecule has 2 N–H and O–H groups in total. The molecule has 8 nitrogen and oxygen atoms in total. The quantitative estimate of drug-likeness (QED) is 0.0597. The fraction of sp³-hybridized carbons (Fsp3) is 0.121. The van der Waals surface area contributed by atoms with Gasteiger partial charge in [-0.15, -0.1) is 10.2 Å². The van der Waals surface area contributed by atoms with E-state index in [-0.39, 0.29) is 26.3 Å². The van der Waals surface area contributed by atoms with Crippen molar-refractivity contribution >= 4 is 85.6 Å². The van der Waals surface area contributed by atoms with Crippen LogP contribution in [0.25, 0.3) is 16.5 Å². The zero-order valence-corrected chi connectivity index (χ0v) is 27.3. The van der Waals surface area contributed by atoms with Gasteiger partial charge in [-0.05, 0) is 52.6 Å². The number of carbonyl (C=O) groups excluding carboxylic acids is 2. The van der Waals surface area contributed by atoms with Crippen molar-refractivity contribution in [2.75, 3.05) is 4.90 Å². The van der Waals surface area contributed by atoms with Crippen LogP contribution in [0.15, 0.2) is 88.8 Å². The molecule has 0 aliphatic carbocycles. The fourth-order valence-electron chi connectivity index (χ4n) is 4.84. The molecule has 0 saturated carbocycles. The van der Waals surface area contributed by atoms with Crippen molar-refractivity contribution in [3.8, 4) is 0 Å². The molecule has 0 spiro atoms. The van der Waals surface area contributed by atoms with E-state index in [1.807, 2.05) is 24.3 Å². The van der Waals surface area contributed by atoms with Gasteiger partial charge in [0.2, 0.25) is 5.13 Å². The van der Waals surface area contributed by atoms with Gasteiger partial charge in [-0.3, -0.25) is 19.3 Å². The van der Waals surface area contributed by atoms with E-state index in [2.05, 4.69) is 28.4 Å². The Bertz CT molecular complexity index is 2020. The number of anilines is 1. The van der Waals surface area contributed by atoms with Gasteiger partial charge in [-0.1, -0.05) is 107 Å². The number of carbonyl (C=O) groups is 3. The Morgan fingerprint density at radius 1 is 0.978 bits per heavy atom. The number of aliphatic carboxylic acids is 1. The summed E-state index contributed by atoms with van der Waals surface area (Å²) in [5.74, 6) is -3.13. The Hall–Kier alpha value is -4.29. The highest BCUT2D eigenvalue weighted by Gasteiger charge is 2.48. The standard InChI is InChI=1S/C31H20Cl2FN3O3S2.C2H4O2/c1-16-9-10-19(14-24(16)34)27(38)25-26(18-11-12-22(32)23(33)13-18)37(29(40)28(25)39)30-35-36-31(42-30)41-15-20-7-4-6-17-5-2-3-8-21(17)20;1-2(3)4/h2-14,26,38H,15H2,1H3;1H3,(H,3,4). The number of hydrogen-bond donors (Lipinski definition) is 2. The average Bonchev–Trinajstić information content (AvgIpc) is 3.60. The molecule has 13 heteroatoms. The monoisotopic (exact) mass is 695 g/mol. The maximum Gasteiger partial charge on any atom is 0.301 e. The number of fused-ring (bicyclic) bond motifs is 1. The maximum atomic E-state index is 14.4. The molecule has 1 aromatic heterocycles. The molecule has 5 aromatic rings. The predicted octanol–water partition coefficient (Wildman–Crippen LogP) is 8.46. The molecule has 1 unspecified atom stereocenters. The minimum atomic E-state index is -1.10. The second-order valence-corrected chi connectivity index (χ2v) is 13.1. The fourth-order valence-corrected chi connectivity index (χ4v) is 7.02. The molecule has 2 heterocycles. The molecule has 1 aliphatic heterocycles. The zero-order chi connectivity index (χ0) is 33.1. The molecule has 46 heavy (non-hydrogen) atoms. The number of halogens is 3. The van der Waals surface area contributed by atoms with Gasteiger partial charge < -0.3 is 10.2 Å². The van der Waals surface area contributed by atoms with E-state index < -0.39 is 35.3 Å². The van der Waals surface area contributed by atoms with Gasteiger partial charge in [0.1, 0.15) is 11.6 Å². The molecule has 4 aromatic carbocycles. The minimum absolute atomic E-state index is 0.0600. The number of hydrogen-bond acceptors (Lipinski definition) is 8. The number of aliphatic hydroxyl groups excluding tert-OH is 1. The van der Waals surface area contributed by atoms with E-state index in [1.165, 1.54) is 40.9 Å². The highest BCUT2D eigenvalue weighted by atomic mass is 35.5. The van der Waals surface area contributed by atoms with Crippen LogP contribution in [0.1, 0.15) is 35.2 Å². The van der Waals surface area contributed by atoms with Gasteiger partial charge in [0.15, 0.2) is 4.34 Å². The van der Waals surface area contributed by atoms with E-state index in [9.17, 15) is 19.1 Å². The van der Waals surface area contributed by atoms with Crippen molar-refractivity contribution in [3.63, 3.8) is 0 Å². The predicted molar refractivity (Wildman–Crippen MR) is 179 cm³/mol. The molecule has 1 atom stereocenters. The second kappa shape index (κ2) is 14.0. The maximum absolute atomic E-state index is 14.4. The first-order chi connectivity index (χ1) is 22.0.